The van der Waals surface area contributed by atoms with Gasteiger partial charge in [-0.05, 0) is 51.1 Å². The number of nitrogens with zero attached hydrogens (tertiary/aromatic N) is 3. The summed E-state index contributed by atoms with van der Waals surface area (Å²) in [7, 11) is 0. The van der Waals surface area contributed by atoms with E-state index in [1.54, 1.807) is 29.5 Å². The van der Waals surface area contributed by atoms with Gasteiger partial charge in [-0.25, -0.2) is 4.98 Å². The summed E-state index contributed by atoms with van der Waals surface area (Å²) in [6.45, 7) is 7.61. The van der Waals surface area contributed by atoms with E-state index < -0.39 is 0 Å². The maximum Gasteiger partial charge on any atom is 0.307 e. The lowest BCUT2D eigenvalue weighted by molar-refractivity contribution is -0.143. The molecule has 1 aromatic carbocycles. The minimum atomic E-state index is -0.278. The maximum absolute atomic E-state index is 13.4. The molecule has 1 aliphatic rings. The first-order valence-electron chi connectivity index (χ1n) is 10.9. The van der Waals surface area contributed by atoms with Crippen LogP contribution in [-0.2, 0) is 16.1 Å². The van der Waals surface area contributed by atoms with Gasteiger partial charge in [0, 0.05) is 30.1 Å². The highest BCUT2D eigenvalue weighted by atomic mass is 32.1. The molecule has 0 aliphatic carbocycles. The molecule has 2 heterocycles. The Labute approximate surface area is 188 Å². The van der Waals surface area contributed by atoms with Crippen molar-refractivity contribution in [3.8, 4) is 5.75 Å². The van der Waals surface area contributed by atoms with Crippen LogP contribution < -0.4 is 4.74 Å². The molecule has 0 spiro atoms. The summed E-state index contributed by atoms with van der Waals surface area (Å²) in [4.78, 5) is 33.7. The molecule has 1 atom stereocenters. The molecule has 168 valence electrons. The lowest BCUT2D eigenvalue weighted by atomic mass is 10.1. The van der Waals surface area contributed by atoms with Gasteiger partial charge in [0.2, 0.25) is 0 Å². The Bertz CT molecular complexity index is 843. The van der Waals surface area contributed by atoms with Crippen LogP contribution in [0, 0.1) is 0 Å². The number of benzene rings is 1. The highest BCUT2D eigenvalue weighted by molar-refractivity contribution is 7.07. The lowest BCUT2D eigenvalue weighted by Gasteiger charge is -2.30. The predicted molar refractivity (Wildman–Crippen MR) is 120 cm³/mol. The summed E-state index contributed by atoms with van der Waals surface area (Å²) < 4.78 is 10.9. The SMILES string of the molecule is CCOC(=O)CCN(CC1CCCN1CC)C(=O)c1cccc(OCc2cscn2)c1. The van der Waals surface area contributed by atoms with Crippen molar-refractivity contribution in [3.05, 3.63) is 46.4 Å². The molecule has 31 heavy (non-hydrogen) atoms. The molecule has 2 aromatic rings. The number of likely N-dealkylation sites (tertiary alicyclic amines) is 1. The Kier molecular flexibility index (Phi) is 8.85. The molecule has 1 amide bonds. The number of aromatic nitrogens is 1. The summed E-state index contributed by atoms with van der Waals surface area (Å²) in [5, 5.41) is 1.94. The molecule has 1 fully saturated rings. The second kappa shape index (κ2) is 11.8. The van der Waals surface area contributed by atoms with E-state index in [1.165, 1.54) is 11.3 Å². The molecule has 0 bridgehead atoms. The van der Waals surface area contributed by atoms with E-state index in [4.69, 9.17) is 9.47 Å². The standard InChI is InChI=1S/C23H31N3O4S/c1-3-25-11-6-8-20(25)14-26(12-10-22(27)29-4-2)23(28)18-7-5-9-21(13-18)30-15-19-16-31-17-24-19/h5,7,9,13,16-17,20H,3-4,6,8,10-12,14-15H2,1-2H3. The van der Waals surface area contributed by atoms with E-state index in [0.29, 0.717) is 43.7 Å². The minimum Gasteiger partial charge on any atom is -0.487 e. The first-order valence-corrected chi connectivity index (χ1v) is 11.8. The number of carbonyl (C=O) groups excluding carboxylic acids is 2. The van der Waals surface area contributed by atoms with Gasteiger partial charge in [-0.2, -0.15) is 0 Å². The Balaban J connectivity index is 1.69. The summed E-state index contributed by atoms with van der Waals surface area (Å²) in [5.74, 6) is 0.256. The number of ether oxygens (including phenoxy) is 2. The molecule has 0 saturated carbocycles. The molecule has 1 unspecified atom stereocenters. The average Bonchev–Trinajstić information content (AvgIpc) is 3.46. The van der Waals surface area contributed by atoms with Crippen LogP contribution in [0.15, 0.2) is 35.2 Å². The molecule has 1 aromatic heterocycles. The molecule has 1 aliphatic heterocycles. The highest BCUT2D eigenvalue weighted by Crippen LogP contribution is 2.21. The van der Waals surface area contributed by atoms with Crippen molar-refractivity contribution < 1.29 is 19.1 Å². The number of hydrogen-bond acceptors (Lipinski definition) is 7. The van der Waals surface area contributed by atoms with E-state index in [2.05, 4.69) is 16.8 Å². The van der Waals surface area contributed by atoms with Crippen molar-refractivity contribution in [1.29, 1.82) is 0 Å². The largest absolute Gasteiger partial charge is 0.487 e. The van der Waals surface area contributed by atoms with Gasteiger partial charge in [0.1, 0.15) is 12.4 Å². The molecule has 3 rings (SSSR count). The van der Waals surface area contributed by atoms with Crippen LogP contribution in [0.4, 0.5) is 0 Å². The van der Waals surface area contributed by atoms with Crippen molar-refractivity contribution in [1.82, 2.24) is 14.8 Å². The third-order valence-electron chi connectivity index (χ3n) is 5.47. The highest BCUT2D eigenvalue weighted by Gasteiger charge is 2.28. The lowest BCUT2D eigenvalue weighted by Crippen LogP contribution is -2.44. The zero-order valence-electron chi connectivity index (χ0n) is 18.3. The Morgan fingerprint density at radius 2 is 2.19 bits per heavy atom. The quantitative estimate of drug-likeness (QED) is 0.492. The molecular formula is C23H31N3O4S. The average molecular weight is 446 g/mol. The molecule has 0 radical (unpaired) electrons. The van der Waals surface area contributed by atoms with Crippen LogP contribution in [0.2, 0.25) is 0 Å². The van der Waals surface area contributed by atoms with Crippen molar-refractivity contribution in [3.63, 3.8) is 0 Å². The van der Waals surface area contributed by atoms with Crippen molar-refractivity contribution in [2.24, 2.45) is 0 Å². The monoisotopic (exact) mass is 445 g/mol. The second-order valence-electron chi connectivity index (χ2n) is 7.53. The fourth-order valence-electron chi connectivity index (χ4n) is 3.88. The van der Waals surface area contributed by atoms with Gasteiger partial charge in [0.05, 0.1) is 24.2 Å². The number of likely N-dealkylation sites (N-methyl/N-ethyl adjacent to an activating group) is 1. The van der Waals surface area contributed by atoms with Crippen molar-refractivity contribution in [2.45, 2.75) is 45.8 Å². The van der Waals surface area contributed by atoms with E-state index in [9.17, 15) is 9.59 Å². The van der Waals surface area contributed by atoms with Crippen LogP contribution in [0.1, 0.15) is 49.2 Å². The number of carbonyl (C=O) groups is 2. The van der Waals surface area contributed by atoms with Crippen LogP contribution >= 0.6 is 11.3 Å². The normalized spacial score (nSPS) is 16.3. The number of esters is 1. The Hall–Kier alpha value is -2.45. The summed E-state index contributed by atoms with van der Waals surface area (Å²) in [5.41, 5.74) is 3.18. The zero-order chi connectivity index (χ0) is 22.1. The van der Waals surface area contributed by atoms with Gasteiger partial charge in [-0.3, -0.25) is 14.5 Å². The summed E-state index contributed by atoms with van der Waals surface area (Å²) in [6, 6.07) is 7.53. The van der Waals surface area contributed by atoms with E-state index in [-0.39, 0.29) is 18.3 Å². The van der Waals surface area contributed by atoms with Crippen molar-refractivity contribution >= 4 is 23.2 Å². The zero-order valence-corrected chi connectivity index (χ0v) is 19.1. The van der Waals surface area contributed by atoms with Gasteiger partial charge >= 0.3 is 5.97 Å². The summed E-state index contributed by atoms with van der Waals surface area (Å²) in [6.07, 6.45) is 2.39. The topological polar surface area (TPSA) is 72.0 Å². The van der Waals surface area contributed by atoms with Gasteiger partial charge in [-0.1, -0.05) is 13.0 Å². The number of rotatable bonds is 11. The fraction of sp³-hybridized carbons (Fsp3) is 0.522. The van der Waals surface area contributed by atoms with Crippen LogP contribution in [-0.4, -0.2) is 65.5 Å². The van der Waals surface area contributed by atoms with E-state index in [1.807, 2.05) is 17.5 Å². The Morgan fingerprint density at radius 3 is 2.94 bits per heavy atom. The Morgan fingerprint density at radius 1 is 1.32 bits per heavy atom. The molecule has 8 heteroatoms. The van der Waals surface area contributed by atoms with Crippen molar-refractivity contribution in [2.75, 3.05) is 32.8 Å². The first-order chi connectivity index (χ1) is 15.1. The van der Waals surface area contributed by atoms with Gasteiger partial charge in [0.25, 0.3) is 5.91 Å². The van der Waals surface area contributed by atoms with Gasteiger partial charge in [-0.15, -0.1) is 11.3 Å². The minimum absolute atomic E-state index is 0.0913. The number of thiazole rings is 1. The number of hydrogen-bond donors (Lipinski definition) is 0. The van der Waals surface area contributed by atoms with Crippen LogP contribution in [0.3, 0.4) is 0 Å². The van der Waals surface area contributed by atoms with Crippen LogP contribution in [0.5, 0.6) is 5.75 Å². The first kappa shape index (κ1) is 23.2. The number of amides is 1. The van der Waals surface area contributed by atoms with Gasteiger partial charge in [0.15, 0.2) is 0 Å². The third-order valence-corrected chi connectivity index (χ3v) is 6.10. The fourth-order valence-corrected chi connectivity index (χ4v) is 4.42. The second-order valence-corrected chi connectivity index (χ2v) is 8.25. The van der Waals surface area contributed by atoms with E-state index in [0.717, 1.165) is 31.6 Å². The smallest absolute Gasteiger partial charge is 0.307 e. The molecule has 1 saturated heterocycles. The third kappa shape index (κ3) is 6.77. The molecule has 0 N–H and O–H groups in total. The predicted octanol–water partition coefficient (Wildman–Crippen LogP) is 3.60. The molecule has 7 nitrogen and oxygen atoms in total. The summed E-state index contributed by atoms with van der Waals surface area (Å²) >= 11 is 1.52. The maximum atomic E-state index is 13.4. The van der Waals surface area contributed by atoms with E-state index >= 15 is 0 Å². The van der Waals surface area contributed by atoms with Crippen LogP contribution in [0.25, 0.3) is 0 Å². The molecular weight excluding hydrogens is 414 g/mol. The van der Waals surface area contributed by atoms with Gasteiger partial charge < -0.3 is 14.4 Å².